The summed E-state index contributed by atoms with van der Waals surface area (Å²) in [7, 11) is 0. The number of aromatic nitrogens is 1. The highest BCUT2D eigenvalue weighted by molar-refractivity contribution is 6.03. The van der Waals surface area contributed by atoms with Gasteiger partial charge in [0.15, 0.2) is 11.6 Å². The lowest BCUT2D eigenvalue weighted by Gasteiger charge is -2.12. The molecule has 25 heavy (non-hydrogen) atoms. The van der Waals surface area contributed by atoms with Gasteiger partial charge in [-0.1, -0.05) is 12.1 Å². The van der Waals surface area contributed by atoms with Gasteiger partial charge >= 0.3 is 0 Å². The van der Waals surface area contributed by atoms with E-state index < -0.39 is 0 Å². The zero-order valence-electron chi connectivity index (χ0n) is 14.6. The molecule has 7 nitrogen and oxygen atoms in total. The average molecular weight is 342 g/mol. The molecule has 2 aromatic rings. The van der Waals surface area contributed by atoms with Gasteiger partial charge in [-0.3, -0.25) is 4.79 Å². The van der Waals surface area contributed by atoms with Crippen LogP contribution in [0.3, 0.4) is 0 Å². The number of hydrogen-bond donors (Lipinski definition) is 2. The van der Waals surface area contributed by atoms with Crippen LogP contribution >= 0.6 is 0 Å². The molecule has 2 unspecified atom stereocenters. The van der Waals surface area contributed by atoms with Gasteiger partial charge in [-0.25, -0.2) is 9.98 Å². The molecule has 2 atom stereocenters. The van der Waals surface area contributed by atoms with Crippen molar-refractivity contribution in [3.63, 3.8) is 0 Å². The van der Waals surface area contributed by atoms with E-state index in [-0.39, 0.29) is 24.1 Å². The lowest BCUT2D eigenvalue weighted by molar-refractivity contribution is 0.102. The Morgan fingerprint density at radius 1 is 1.28 bits per heavy atom. The molecule has 0 saturated heterocycles. The minimum Gasteiger partial charge on any atom is -0.460 e. The van der Waals surface area contributed by atoms with Crippen molar-refractivity contribution in [1.82, 2.24) is 4.98 Å². The Kier molecular flexibility index (Phi) is 4.74. The summed E-state index contributed by atoms with van der Waals surface area (Å²) in [5.41, 5.74) is 7.78. The second-order valence-electron chi connectivity index (χ2n) is 6.19. The molecule has 1 aromatic heterocycles. The van der Waals surface area contributed by atoms with Crippen molar-refractivity contribution in [3.05, 3.63) is 47.2 Å². The Labute approximate surface area is 146 Å². The number of amides is 1. The molecule has 0 bridgehead atoms. The van der Waals surface area contributed by atoms with Crippen LogP contribution in [-0.2, 0) is 11.2 Å². The minimum absolute atomic E-state index is 0.0210. The Morgan fingerprint density at radius 3 is 2.56 bits per heavy atom. The number of nitrogens with zero attached hydrogens (tertiary/aromatic N) is 2. The summed E-state index contributed by atoms with van der Waals surface area (Å²) in [6, 6.07) is 8.10. The first-order valence-electron chi connectivity index (χ1n) is 8.26. The quantitative estimate of drug-likeness (QED) is 0.869. The van der Waals surface area contributed by atoms with E-state index >= 15 is 0 Å². The van der Waals surface area contributed by atoms with Crippen LogP contribution in [0.25, 0.3) is 0 Å². The fourth-order valence-corrected chi connectivity index (χ4v) is 2.87. The van der Waals surface area contributed by atoms with Gasteiger partial charge in [0.1, 0.15) is 11.9 Å². The molecule has 2 heterocycles. The van der Waals surface area contributed by atoms with Crippen LogP contribution in [0.5, 0.6) is 0 Å². The first-order valence-corrected chi connectivity index (χ1v) is 8.26. The number of amidine groups is 1. The van der Waals surface area contributed by atoms with Gasteiger partial charge in [-0.05, 0) is 44.4 Å². The van der Waals surface area contributed by atoms with Gasteiger partial charge in [0, 0.05) is 12.6 Å². The fourth-order valence-electron chi connectivity index (χ4n) is 2.87. The summed E-state index contributed by atoms with van der Waals surface area (Å²) in [6.45, 7) is 5.41. The van der Waals surface area contributed by atoms with Crippen LogP contribution < -0.4 is 11.1 Å². The summed E-state index contributed by atoms with van der Waals surface area (Å²) in [5, 5.41) is 2.83. The van der Waals surface area contributed by atoms with E-state index in [1.54, 1.807) is 13.8 Å². The van der Waals surface area contributed by atoms with E-state index in [0.717, 1.165) is 12.8 Å². The molecule has 3 rings (SSSR count). The van der Waals surface area contributed by atoms with Crippen molar-refractivity contribution in [2.45, 2.75) is 45.8 Å². The Bertz CT molecular complexity index is 795. The molecule has 7 heteroatoms. The highest BCUT2D eigenvalue weighted by atomic mass is 16.5. The molecular weight excluding hydrogens is 320 g/mol. The Morgan fingerprint density at radius 2 is 2.00 bits per heavy atom. The number of anilines is 1. The van der Waals surface area contributed by atoms with E-state index in [4.69, 9.17) is 14.9 Å². The van der Waals surface area contributed by atoms with E-state index in [0.29, 0.717) is 23.0 Å². The van der Waals surface area contributed by atoms with Crippen LogP contribution in [0.4, 0.5) is 5.69 Å². The third-order valence-electron chi connectivity index (χ3n) is 4.20. The van der Waals surface area contributed by atoms with Crippen LogP contribution in [-0.4, -0.2) is 29.1 Å². The normalized spacial score (nSPS) is 19.4. The second kappa shape index (κ2) is 6.96. The number of carbonyl (C=O) groups excluding carboxylic acids is 1. The van der Waals surface area contributed by atoms with Crippen molar-refractivity contribution in [2.24, 2.45) is 10.7 Å². The number of oxazole rings is 1. The van der Waals surface area contributed by atoms with Crippen LogP contribution in [0.15, 0.2) is 33.7 Å². The lowest BCUT2D eigenvalue weighted by atomic mass is 10.0. The minimum atomic E-state index is -0.274. The zero-order valence-corrected chi connectivity index (χ0v) is 14.6. The highest BCUT2D eigenvalue weighted by Gasteiger charge is 2.25. The molecule has 0 fully saturated rings. The van der Waals surface area contributed by atoms with Crippen molar-refractivity contribution in [1.29, 1.82) is 0 Å². The van der Waals surface area contributed by atoms with Gasteiger partial charge in [0.2, 0.25) is 0 Å². The van der Waals surface area contributed by atoms with Crippen molar-refractivity contribution in [3.8, 4) is 0 Å². The number of aryl methyl sites for hydroxylation is 3. The number of aliphatic imine (C=N–C) groups is 1. The number of ether oxygens (including phenoxy) is 1. The standard InChI is InChI=1S/C18H22N4O3/c1-10-15(22-18(19)25-10)9-6-13-4-7-14(8-5-13)21-17(23)16-11(2)24-12(3)20-16/h4-5,7-8,10,15H,6,9H2,1-3H3,(H2,19,22)(H,21,23). The van der Waals surface area contributed by atoms with E-state index in [1.165, 1.54) is 5.56 Å². The zero-order chi connectivity index (χ0) is 18.0. The number of carbonyl (C=O) groups is 1. The first-order chi connectivity index (χ1) is 11.9. The molecule has 1 amide bonds. The number of benzene rings is 1. The average Bonchev–Trinajstić information content (AvgIpc) is 3.07. The van der Waals surface area contributed by atoms with Gasteiger partial charge in [-0.2, -0.15) is 0 Å². The predicted molar refractivity (Wildman–Crippen MR) is 94.7 cm³/mol. The Balaban J connectivity index is 1.57. The van der Waals surface area contributed by atoms with Crippen LogP contribution in [0.1, 0.15) is 41.0 Å². The predicted octanol–water partition coefficient (Wildman–Crippen LogP) is 2.58. The number of rotatable bonds is 5. The topological polar surface area (TPSA) is 103 Å². The third-order valence-corrected chi connectivity index (χ3v) is 4.20. The Hall–Kier alpha value is -2.83. The molecule has 1 aliphatic rings. The molecule has 0 aliphatic carbocycles. The maximum Gasteiger partial charge on any atom is 0.282 e. The number of nitrogens with two attached hydrogens (primary N) is 1. The van der Waals surface area contributed by atoms with Crippen molar-refractivity contribution < 1.29 is 13.9 Å². The van der Waals surface area contributed by atoms with Crippen molar-refractivity contribution >= 4 is 17.6 Å². The molecule has 1 aromatic carbocycles. The highest BCUT2D eigenvalue weighted by Crippen LogP contribution is 2.19. The molecule has 0 spiro atoms. The summed E-state index contributed by atoms with van der Waals surface area (Å²) < 4.78 is 10.6. The summed E-state index contributed by atoms with van der Waals surface area (Å²) >= 11 is 0. The van der Waals surface area contributed by atoms with Gasteiger partial charge < -0.3 is 20.2 Å². The lowest BCUT2D eigenvalue weighted by Crippen LogP contribution is -2.20. The third kappa shape index (κ3) is 3.99. The smallest absolute Gasteiger partial charge is 0.282 e. The van der Waals surface area contributed by atoms with Gasteiger partial charge in [0.05, 0.1) is 6.04 Å². The maximum absolute atomic E-state index is 12.2. The molecule has 3 N–H and O–H groups in total. The van der Waals surface area contributed by atoms with E-state index in [2.05, 4.69) is 15.3 Å². The molecule has 132 valence electrons. The largest absolute Gasteiger partial charge is 0.460 e. The molecule has 0 saturated carbocycles. The second-order valence-corrected chi connectivity index (χ2v) is 6.19. The summed E-state index contributed by atoms with van der Waals surface area (Å²) in [6.07, 6.45) is 1.75. The van der Waals surface area contributed by atoms with Gasteiger partial charge in [0.25, 0.3) is 11.9 Å². The van der Waals surface area contributed by atoms with Crippen LogP contribution in [0.2, 0.25) is 0 Å². The molecule has 0 radical (unpaired) electrons. The van der Waals surface area contributed by atoms with Crippen LogP contribution in [0, 0.1) is 13.8 Å². The fraction of sp³-hybridized carbons (Fsp3) is 0.389. The maximum atomic E-state index is 12.2. The van der Waals surface area contributed by atoms with E-state index in [1.807, 2.05) is 31.2 Å². The number of hydrogen-bond acceptors (Lipinski definition) is 6. The van der Waals surface area contributed by atoms with Crippen molar-refractivity contribution in [2.75, 3.05) is 5.32 Å². The molecule has 1 aliphatic heterocycles. The monoisotopic (exact) mass is 342 g/mol. The summed E-state index contributed by atoms with van der Waals surface area (Å²) in [4.78, 5) is 20.6. The SMILES string of the molecule is Cc1nc(C(=O)Nc2ccc(CCC3N=C(N)OC3C)cc2)c(C)o1. The summed E-state index contributed by atoms with van der Waals surface area (Å²) in [5.74, 6) is 0.717. The van der Waals surface area contributed by atoms with Gasteiger partial charge in [-0.15, -0.1) is 0 Å². The first kappa shape index (κ1) is 17.0. The van der Waals surface area contributed by atoms with E-state index in [9.17, 15) is 4.79 Å². The number of nitrogens with one attached hydrogen (secondary N) is 1. The molecular formula is C18H22N4O3.